The number of rotatable bonds is 5. The van der Waals surface area contributed by atoms with Crippen molar-refractivity contribution >= 4 is 5.91 Å². The molecule has 0 saturated heterocycles. The molecule has 0 aliphatic rings. The second kappa shape index (κ2) is 7.32. The van der Waals surface area contributed by atoms with Crippen LogP contribution in [0.25, 0.3) is 0 Å². The maximum Gasteiger partial charge on any atom is 0.255 e. The van der Waals surface area contributed by atoms with E-state index in [9.17, 15) is 4.79 Å². The van der Waals surface area contributed by atoms with E-state index >= 15 is 0 Å². The first-order chi connectivity index (χ1) is 10.9. The number of amides is 1. The van der Waals surface area contributed by atoms with Gasteiger partial charge in [-0.25, -0.2) is 0 Å². The second-order valence-corrected chi connectivity index (χ2v) is 6.20. The number of carbonyl (C=O) groups is 1. The SMILES string of the molecule is Cc1ccc([C@H](C)NC(=O)c2ccccc2OC(C)C)cc1C. The van der Waals surface area contributed by atoms with Crippen LogP contribution >= 0.6 is 0 Å². The number of hydrogen-bond acceptors (Lipinski definition) is 2. The Morgan fingerprint density at radius 2 is 1.70 bits per heavy atom. The molecule has 1 amide bonds. The van der Waals surface area contributed by atoms with Crippen molar-refractivity contribution in [1.29, 1.82) is 0 Å². The molecule has 0 fully saturated rings. The minimum atomic E-state index is -0.119. The number of ether oxygens (including phenoxy) is 1. The number of aryl methyl sites for hydroxylation is 2. The van der Waals surface area contributed by atoms with Crippen LogP contribution in [0.2, 0.25) is 0 Å². The molecule has 2 rings (SSSR count). The summed E-state index contributed by atoms with van der Waals surface area (Å²) in [4.78, 5) is 12.6. The van der Waals surface area contributed by atoms with Gasteiger partial charge in [-0.2, -0.15) is 0 Å². The monoisotopic (exact) mass is 311 g/mol. The highest BCUT2D eigenvalue weighted by atomic mass is 16.5. The molecule has 23 heavy (non-hydrogen) atoms. The van der Waals surface area contributed by atoms with Crippen LogP contribution in [0.4, 0.5) is 0 Å². The van der Waals surface area contributed by atoms with E-state index < -0.39 is 0 Å². The summed E-state index contributed by atoms with van der Waals surface area (Å²) in [5.74, 6) is 0.499. The highest BCUT2D eigenvalue weighted by molar-refractivity contribution is 5.97. The van der Waals surface area contributed by atoms with E-state index in [0.29, 0.717) is 11.3 Å². The summed E-state index contributed by atoms with van der Waals surface area (Å²) in [5, 5.41) is 3.05. The zero-order chi connectivity index (χ0) is 17.0. The minimum absolute atomic E-state index is 0.0288. The second-order valence-electron chi connectivity index (χ2n) is 6.20. The molecule has 122 valence electrons. The Balaban J connectivity index is 2.16. The van der Waals surface area contributed by atoms with E-state index in [0.717, 1.165) is 5.56 Å². The summed E-state index contributed by atoms with van der Waals surface area (Å²) < 4.78 is 5.73. The van der Waals surface area contributed by atoms with Gasteiger partial charge in [-0.3, -0.25) is 4.79 Å². The number of hydrogen-bond donors (Lipinski definition) is 1. The fourth-order valence-electron chi connectivity index (χ4n) is 2.40. The van der Waals surface area contributed by atoms with E-state index in [-0.39, 0.29) is 18.1 Å². The van der Waals surface area contributed by atoms with Crippen molar-refractivity contribution in [3.05, 3.63) is 64.7 Å². The van der Waals surface area contributed by atoms with Gasteiger partial charge < -0.3 is 10.1 Å². The van der Waals surface area contributed by atoms with Crippen LogP contribution in [0.15, 0.2) is 42.5 Å². The van der Waals surface area contributed by atoms with Crippen LogP contribution < -0.4 is 10.1 Å². The Kier molecular flexibility index (Phi) is 5.43. The quantitative estimate of drug-likeness (QED) is 0.877. The maximum absolute atomic E-state index is 12.6. The number of nitrogens with one attached hydrogen (secondary N) is 1. The smallest absolute Gasteiger partial charge is 0.255 e. The van der Waals surface area contributed by atoms with Crippen molar-refractivity contribution in [2.75, 3.05) is 0 Å². The Bertz CT molecular complexity index is 692. The Morgan fingerprint density at radius 3 is 2.35 bits per heavy atom. The van der Waals surface area contributed by atoms with Crippen molar-refractivity contribution in [3.63, 3.8) is 0 Å². The first-order valence-corrected chi connectivity index (χ1v) is 8.02. The Labute approximate surface area is 138 Å². The molecule has 2 aromatic rings. The zero-order valence-electron chi connectivity index (χ0n) is 14.5. The van der Waals surface area contributed by atoms with Gasteiger partial charge in [-0.05, 0) is 63.4 Å². The molecule has 3 heteroatoms. The van der Waals surface area contributed by atoms with Gasteiger partial charge in [0.2, 0.25) is 0 Å². The normalized spacial score (nSPS) is 12.1. The van der Waals surface area contributed by atoms with Crippen molar-refractivity contribution in [3.8, 4) is 5.75 Å². The Morgan fingerprint density at radius 1 is 1.00 bits per heavy atom. The topological polar surface area (TPSA) is 38.3 Å². The lowest BCUT2D eigenvalue weighted by Crippen LogP contribution is -2.27. The Hall–Kier alpha value is -2.29. The summed E-state index contributed by atoms with van der Waals surface area (Å²) in [6.07, 6.45) is 0.0288. The predicted octanol–water partition coefficient (Wildman–Crippen LogP) is 4.58. The summed E-state index contributed by atoms with van der Waals surface area (Å²) in [6.45, 7) is 10.1. The first-order valence-electron chi connectivity index (χ1n) is 8.02. The van der Waals surface area contributed by atoms with Gasteiger partial charge in [-0.1, -0.05) is 30.3 Å². The average Bonchev–Trinajstić information content (AvgIpc) is 2.49. The third-order valence-electron chi connectivity index (χ3n) is 3.87. The van der Waals surface area contributed by atoms with E-state index in [4.69, 9.17) is 4.74 Å². The largest absolute Gasteiger partial charge is 0.490 e. The molecule has 1 N–H and O–H groups in total. The molecule has 0 aliphatic heterocycles. The lowest BCUT2D eigenvalue weighted by Gasteiger charge is -2.18. The van der Waals surface area contributed by atoms with Gasteiger partial charge in [-0.15, -0.1) is 0 Å². The minimum Gasteiger partial charge on any atom is -0.490 e. The van der Waals surface area contributed by atoms with Gasteiger partial charge in [0.25, 0.3) is 5.91 Å². The maximum atomic E-state index is 12.6. The van der Waals surface area contributed by atoms with Crippen molar-refractivity contribution in [2.24, 2.45) is 0 Å². The molecule has 0 spiro atoms. The third-order valence-corrected chi connectivity index (χ3v) is 3.87. The first kappa shape index (κ1) is 17.1. The number of para-hydroxylation sites is 1. The molecule has 1 atom stereocenters. The van der Waals surface area contributed by atoms with E-state index in [1.807, 2.05) is 39.0 Å². The summed E-state index contributed by atoms with van der Waals surface area (Å²) in [7, 11) is 0. The molecule has 0 radical (unpaired) electrons. The molecule has 0 aliphatic carbocycles. The van der Waals surface area contributed by atoms with E-state index in [2.05, 4.69) is 37.4 Å². The van der Waals surface area contributed by atoms with Gasteiger partial charge in [0, 0.05) is 0 Å². The number of carbonyl (C=O) groups excluding carboxylic acids is 1. The average molecular weight is 311 g/mol. The highest BCUT2D eigenvalue weighted by Crippen LogP contribution is 2.22. The highest BCUT2D eigenvalue weighted by Gasteiger charge is 2.16. The lowest BCUT2D eigenvalue weighted by atomic mass is 10.0. The fourth-order valence-corrected chi connectivity index (χ4v) is 2.40. The molecule has 0 aromatic heterocycles. The van der Waals surface area contributed by atoms with Crippen LogP contribution in [0.5, 0.6) is 5.75 Å². The molecular formula is C20H25NO2. The van der Waals surface area contributed by atoms with Gasteiger partial charge >= 0.3 is 0 Å². The van der Waals surface area contributed by atoms with Crippen LogP contribution in [-0.2, 0) is 0 Å². The lowest BCUT2D eigenvalue weighted by molar-refractivity contribution is 0.0934. The third kappa shape index (κ3) is 4.35. The van der Waals surface area contributed by atoms with Crippen molar-refractivity contribution in [2.45, 2.75) is 46.8 Å². The van der Waals surface area contributed by atoms with Crippen LogP contribution in [0.3, 0.4) is 0 Å². The van der Waals surface area contributed by atoms with Gasteiger partial charge in [0.15, 0.2) is 0 Å². The molecule has 2 aromatic carbocycles. The summed E-state index contributed by atoms with van der Waals surface area (Å²) in [6, 6.07) is 13.6. The van der Waals surface area contributed by atoms with Gasteiger partial charge in [0.05, 0.1) is 17.7 Å². The summed E-state index contributed by atoms with van der Waals surface area (Å²) in [5.41, 5.74) is 4.15. The number of benzene rings is 2. The van der Waals surface area contributed by atoms with Crippen LogP contribution in [-0.4, -0.2) is 12.0 Å². The van der Waals surface area contributed by atoms with Crippen molar-refractivity contribution < 1.29 is 9.53 Å². The zero-order valence-corrected chi connectivity index (χ0v) is 14.5. The molecular weight excluding hydrogens is 286 g/mol. The molecule has 0 bridgehead atoms. The van der Waals surface area contributed by atoms with Crippen molar-refractivity contribution in [1.82, 2.24) is 5.32 Å². The van der Waals surface area contributed by atoms with E-state index in [1.165, 1.54) is 11.1 Å². The molecule has 0 unspecified atom stereocenters. The van der Waals surface area contributed by atoms with E-state index in [1.54, 1.807) is 6.07 Å². The molecule has 0 saturated carbocycles. The standard InChI is InChI=1S/C20H25NO2/c1-13(2)23-19-9-7-6-8-18(19)20(22)21-16(5)17-11-10-14(3)15(4)12-17/h6-13,16H,1-5H3,(H,21,22)/t16-/m0/s1. The predicted molar refractivity (Wildman–Crippen MR) is 94.0 cm³/mol. The van der Waals surface area contributed by atoms with Gasteiger partial charge in [0.1, 0.15) is 5.75 Å². The molecule has 0 heterocycles. The summed E-state index contributed by atoms with van der Waals surface area (Å²) >= 11 is 0. The van der Waals surface area contributed by atoms with Crippen LogP contribution in [0, 0.1) is 13.8 Å². The van der Waals surface area contributed by atoms with Crippen LogP contribution in [0.1, 0.15) is 53.9 Å². The fraction of sp³-hybridized carbons (Fsp3) is 0.350. The molecule has 3 nitrogen and oxygen atoms in total.